The molecule has 96 valence electrons. The number of rotatable bonds is 5. The van der Waals surface area contributed by atoms with Gasteiger partial charge in [0.1, 0.15) is 12.2 Å². The van der Waals surface area contributed by atoms with Crippen LogP contribution >= 0.6 is 11.6 Å². The standard InChI is InChI=1S/C11H14ClN5O/c1-2-8(12)9-5-17(16-14-9)6-10-13-11(15-18-10)7-3-4-7/h5,7-8H,2-4,6H2,1H3. The second kappa shape index (κ2) is 4.68. The molecular weight excluding hydrogens is 254 g/mol. The van der Waals surface area contributed by atoms with Crippen LogP contribution in [-0.2, 0) is 6.54 Å². The number of hydrogen-bond acceptors (Lipinski definition) is 5. The van der Waals surface area contributed by atoms with Crippen molar-refractivity contribution in [1.82, 2.24) is 25.1 Å². The van der Waals surface area contributed by atoms with Crippen LogP contribution in [0.4, 0.5) is 0 Å². The second-order valence-electron chi connectivity index (χ2n) is 4.54. The largest absolute Gasteiger partial charge is 0.337 e. The highest BCUT2D eigenvalue weighted by molar-refractivity contribution is 6.20. The minimum Gasteiger partial charge on any atom is -0.337 e. The van der Waals surface area contributed by atoms with Crippen LogP contribution in [0.1, 0.15) is 54.9 Å². The Hall–Kier alpha value is -1.43. The van der Waals surface area contributed by atoms with E-state index in [1.807, 2.05) is 13.1 Å². The van der Waals surface area contributed by atoms with Crippen molar-refractivity contribution in [2.75, 3.05) is 0 Å². The first-order valence-corrected chi connectivity index (χ1v) is 6.56. The van der Waals surface area contributed by atoms with Gasteiger partial charge in [0.05, 0.1) is 11.6 Å². The molecule has 0 radical (unpaired) electrons. The van der Waals surface area contributed by atoms with Crippen LogP contribution in [0, 0.1) is 0 Å². The van der Waals surface area contributed by atoms with E-state index in [1.165, 1.54) is 0 Å². The van der Waals surface area contributed by atoms with E-state index in [0.717, 1.165) is 30.8 Å². The fraction of sp³-hybridized carbons (Fsp3) is 0.636. The lowest BCUT2D eigenvalue weighted by molar-refractivity contribution is 0.360. The normalized spacial score (nSPS) is 17.0. The van der Waals surface area contributed by atoms with Gasteiger partial charge >= 0.3 is 0 Å². The van der Waals surface area contributed by atoms with Gasteiger partial charge in [0.25, 0.3) is 0 Å². The van der Waals surface area contributed by atoms with Crippen molar-refractivity contribution in [1.29, 1.82) is 0 Å². The van der Waals surface area contributed by atoms with E-state index in [2.05, 4.69) is 20.5 Å². The fourth-order valence-electron chi connectivity index (χ4n) is 1.72. The molecule has 2 aromatic rings. The molecule has 6 nitrogen and oxygen atoms in total. The average Bonchev–Trinajstić information content (AvgIpc) is 2.96. The van der Waals surface area contributed by atoms with Gasteiger partial charge in [-0.1, -0.05) is 17.3 Å². The first-order chi connectivity index (χ1) is 8.76. The third-order valence-corrected chi connectivity index (χ3v) is 3.49. The van der Waals surface area contributed by atoms with Crippen LogP contribution in [0.2, 0.25) is 0 Å². The molecule has 0 amide bonds. The Morgan fingerprint density at radius 2 is 2.39 bits per heavy atom. The molecule has 1 saturated carbocycles. The topological polar surface area (TPSA) is 69.6 Å². The van der Waals surface area contributed by atoms with Crippen LogP contribution in [0.3, 0.4) is 0 Å². The van der Waals surface area contributed by atoms with Crippen molar-refractivity contribution < 1.29 is 4.52 Å². The molecule has 1 aliphatic carbocycles. The molecular formula is C11H14ClN5O. The van der Waals surface area contributed by atoms with Crippen molar-refractivity contribution >= 4 is 11.6 Å². The van der Waals surface area contributed by atoms with Gasteiger partial charge in [0.15, 0.2) is 5.82 Å². The minimum atomic E-state index is -0.0940. The smallest absolute Gasteiger partial charge is 0.248 e. The Kier molecular flexibility index (Phi) is 3.03. The molecule has 2 aromatic heterocycles. The first kappa shape index (κ1) is 11.6. The molecule has 1 unspecified atom stereocenters. The van der Waals surface area contributed by atoms with Gasteiger partial charge in [0.2, 0.25) is 5.89 Å². The van der Waals surface area contributed by atoms with Crippen molar-refractivity contribution in [3.8, 4) is 0 Å². The minimum absolute atomic E-state index is 0.0940. The quantitative estimate of drug-likeness (QED) is 0.777. The molecule has 0 aliphatic heterocycles. The lowest BCUT2D eigenvalue weighted by atomic mass is 10.3. The van der Waals surface area contributed by atoms with Gasteiger partial charge in [-0.3, -0.25) is 0 Å². The molecule has 2 heterocycles. The zero-order valence-corrected chi connectivity index (χ0v) is 10.8. The lowest BCUT2D eigenvalue weighted by Gasteiger charge is -1.98. The van der Waals surface area contributed by atoms with Crippen LogP contribution in [0.25, 0.3) is 0 Å². The summed E-state index contributed by atoms with van der Waals surface area (Å²) in [4.78, 5) is 4.34. The maximum atomic E-state index is 6.09. The summed E-state index contributed by atoms with van der Waals surface area (Å²) >= 11 is 6.09. The Morgan fingerprint density at radius 3 is 3.11 bits per heavy atom. The Balaban J connectivity index is 1.69. The molecule has 0 aromatic carbocycles. The summed E-state index contributed by atoms with van der Waals surface area (Å²) in [6, 6.07) is 0. The van der Waals surface area contributed by atoms with E-state index in [-0.39, 0.29) is 5.38 Å². The number of aromatic nitrogens is 5. The number of hydrogen-bond donors (Lipinski definition) is 0. The predicted molar refractivity (Wildman–Crippen MR) is 64.3 cm³/mol. The molecule has 0 bridgehead atoms. The fourth-order valence-corrected chi connectivity index (χ4v) is 1.82. The number of alkyl halides is 1. The van der Waals surface area contributed by atoms with Gasteiger partial charge in [0, 0.05) is 5.92 Å². The zero-order valence-electron chi connectivity index (χ0n) is 10.1. The highest BCUT2D eigenvalue weighted by Crippen LogP contribution is 2.38. The van der Waals surface area contributed by atoms with Crippen molar-refractivity contribution in [3.63, 3.8) is 0 Å². The maximum Gasteiger partial charge on any atom is 0.248 e. The maximum absolute atomic E-state index is 6.09. The lowest BCUT2D eigenvalue weighted by Crippen LogP contribution is -2.00. The highest BCUT2D eigenvalue weighted by atomic mass is 35.5. The monoisotopic (exact) mass is 267 g/mol. The SMILES string of the molecule is CCC(Cl)c1cn(Cc2nc(C3CC3)no2)nn1. The third kappa shape index (κ3) is 2.38. The summed E-state index contributed by atoms with van der Waals surface area (Å²) in [5, 5.41) is 11.9. The van der Waals surface area contributed by atoms with Gasteiger partial charge < -0.3 is 4.52 Å². The molecule has 1 aliphatic rings. The van der Waals surface area contributed by atoms with E-state index in [0.29, 0.717) is 18.4 Å². The van der Waals surface area contributed by atoms with Crippen LogP contribution in [-0.4, -0.2) is 25.1 Å². The van der Waals surface area contributed by atoms with Gasteiger partial charge in [-0.25, -0.2) is 4.68 Å². The molecule has 0 N–H and O–H groups in total. The molecule has 18 heavy (non-hydrogen) atoms. The summed E-state index contributed by atoms with van der Waals surface area (Å²) in [7, 11) is 0. The molecule has 3 rings (SSSR count). The van der Waals surface area contributed by atoms with E-state index < -0.39 is 0 Å². The van der Waals surface area contributed by atoms with E-state index in [4.69, 9.17) is 16.1 Å². The van der Waals surface area contributed by atoms with Gasteiger partial charge in [-0.2, -0.15) is 4.98 Å². The van der Waals surface area contributed by atoms with Crippen molar-refractivity contribution in [2.24, 2.45) is 0 Å². The first-order valence-electron chi connectivity index (χ1n) is 6.13. The highest BCUT2D eigenvalue weighted by Gasteiger charge is 2.28. The van der Waals surface area contributed by atoms with E-state index >= 15 is 0 Å². The Morgan fingerprint density at radius 1 is 1.56 bits per heavy atom. The molecule has 0 saturated heterocycles. The molecule has 1 atom stereocenters. The Bertz CT molecular complexity index is 533. The number of nitrogens with zero attached hydrogens (tertiary/aromatic N) is 5. The van der Waals surface area contributed by atoms with Crippen molar-refractivity contribution in [2.45, 2.75) is 44.0 Å². The summed E-state index contributed by atoms with van der Waals surface area (Å²) in [6.45, 7) is 2.46. The molecule has 7 heteroatoms. The number of halogens is 1. The third-order valence-electron chi connectivity index (χ3n) is 2.96. The van der Waals surface area contributed by atoms with Crippen LogP contribution in [0.15, 0.2) is 10.7 Å². The van der Waals surface area contributed by atoms with Crippen LogP contribution in [0.5, 0.6) is 0 Å². The zero-order chi connectivity index (χ0) is 12.5. The second-order valence-corrected chi connectivity index (χ2v) is 5.06. The summed E-state index contributed by atoms with van der Waals surface area (Å²) < 4.78 is 6.85. The summed E-state index contributed by atoms with van der Waals surface area (Å²) in [5.41, 5.74) is 0.779. The van der Waals surface area contributed by atoms with Crippen LogP contribution < -0.4 is 0 Å². The molecule has 0 spiro atoms. The molecule has 1 fully saturated rings. The van der Waals surface area contributed by atoms with Gasteiger partial charge in [-0.05, 0) is 19.3 Å². The average molecular weight is 268 g/mol. The van der Waals surface area contributed by atoms with E-state index in [1.54, 1.807) is 4.68 Å². The van der Waals surface area contributed by atoms with Crippen molar-refractivity contribution in [3.05, 3.63) is 23.6 Å². The Labute approximate surface area is 109 Å². The predicted octanol–water partition coefficient (Wildman–Crippen LogP) is 2.28. The van der Waals surface area contributed by atoms with Gasteiger partial charge in [-0.15, -0.1) is 16.7 Å². The summed E-state index contributed by atoms with van der Waals surface area (Å²) in [5.74, 6) is 1.88. The van der Waals surface area contributed by atoms with E-state index in [9.17, 15) is 0 Å². The summed E-state index contributed by atoms with van der Waals surface area (Å²) in [6.07, 6.45) is 4.97.